The lowest BCUT2D eigenvalue weighted by atomic mass is 10.6. The summed E-state index contributed by atoms with van der Waals surface area (Å²) in [4.78, 5) is 10.3. The van der Waals surface area contributed by atoms with Gasteiger partial charge in [0, 0.05) is 12.5 Å². The Bertz CT molecular complexity index is 257. The molecule has 0 aliphatic rings. The highest BCUT2D eigenvalue weighted by atomic mass is 32.2. The summed E-state index contributed by atoms with van der Waals surface area (Å²) in [5.74, 6) is -0.696. The van der Waals surface area contributed by atoms with Gasteiger partial charge >= 0.3 is 0 Å². The third-order valence-corrected chi connectivity index (χ3v) is 2.44. The van der Waals surface area contributed by atoms with E-state index in [1.807, 2.05) is 0 Å². The summed E-state index contributed by atoms with van der Waals surface area (Å²) in [6.45, 7) is 2.75. The summed E-state index contributed by atoms with van der Waals surface area (Å²) in [7, 11) is -2.25. The molecule has 0 aliphatic heterocycles. The summed E-state index contributed by atoms with van der Waals surface area (Å²) in [6, 6.07) is 0. The molecule has 0 spiro atoms. The van der Waals surface area contributed by atoms with Crippen molar-refractivity contribution in [3.05, 3.63) is 12.0 Å². The van der Waals surface area contributed by atoms with Gasteiger partial charge in [0.25, 0.3) is 0 Å². The second-order valence-corrected chi connectivity index (χ2v) is 3.92. The van der Waals surface area contributed by atoms with Crippen molar-refractivity contribution in [2.75, 3.05) is 13.6 Å². The van der Waals surface area contributed by atoms with E-state index in [-0.39, 0.29) is 6.54 Å². The molecule has 0 aromatic carbocycles. The number of carbonyl (C=O) groups is 1. The predicted molar refractivity (Wildman–Crippen MR) is 40.9 cm³/mol. The average molecular weight is 178 g/mol. The van der Waals surface area contributed by atoms with Gasteiger partial charge in [-0.25, -0.2) is 8.42 Å². The molecule has 0 atom stereocenters. The Balaban J connectivity index is 4.37. The molecule has 6 heteroatoms. The Hall–Kier alpha value is -0.880. The number of likely N-dealkylation sites (N-methyl/N-ethyl adjacent to an activating group) is 1. The Morgan fingerprint density at radius 1 is 1.73 bits per heavy atom. The van der Waals surface area contributed by atoms with Gasteiger partial charge in [-0.2, -0.15) is 4.31 Å². The molecule has 5 nitrogen and oxygen atoms in total. The van der Waals surface area contributed by atoms with Crippen LogP contribution < -0.4 is 5.73 Å². The fourth-order valence-electron chi connectivity index (χ4n) is 0.437. The Morgan fingerprint density at radius 2 is 2.18 bits per heavy atom. The number of rotatable bonds is 4. The fraction of sp³-hybridized carbons (Fsp3) is 0.400. The molecule has 1 amide bonds. The van der Waals surface area contributed by atoms with E-state index in [4.69, 9.17) is 5.73 Å². The van der Waals surface area contributed by atoms with E-state index in [1.54, 1.807) is 0 Å². The number of nitrogens with zero attached hydrogens (tertiary/aromatic N) is 1. The largest absolute Gasteiger partial charge is 0.369 e. The molecule has 0 aromatic rings. The number of primary amides is 1. The number of carbonyl (C=O) groups excluding carboxylic acids is 1. The second-order valence-electron chi connectivity index (χ2n) is 1.93. The van der Waals surface area contributed by atoms with Crippen LogP contribution in [0.25, 0.3) is 0 Å². The van der Waals surface area contributed by atoms with E-state index in [0.29, 0.717) is 0 Å². The zero-order valence-electron chi connectivity index (χ0n) is 6.15. The Kier molecular flexibility index (Phi) is 3.21. The monoisotopic (exact) mass is 178 g/mol. The number of hydrogen-bond acceptors (Lipinski definition) is 3. The van der Waals surface area contributed by atoms with E-state index in [0.717, 1.165) is 9.71 Å². The van der Waals surface area contributed by atoms with Crippen LogP contribution in [0.5, 0.6) is 0 Å². The van der Waals surface area contributed by atoms with Crippen molar-refractivity contribution in [3.8, 4) is 0 Å². The summed E-state index contributed by atoms with van der Waals surface area (Å²) in [6.07, 6.45) is 0. The smallest absolute Gasteiger partial charge is 0.235 e. The van der Waals surface area contributed by atoms with E-state index >= 15 is 0 Å². The lowest BCUT2D eigenvalue weighted by Gasteiger charge is -2.10. The summed E-state index contributed by atoms with van der Waals surface area (Å²) in [5, 5.41) is 0.760. The molecule has 0 fully saturated rings. The van der Waals surface area contributed by atoms with Crippen molar-refractivity contribution >= 4 is 15.9 Å². The average Bonchev–Trinajstić information content (AvgIpc) is 1.86. The lowest BCUT2D eigenvalue weighted by molar-refractivity contribution is -0.118. The molecule has 0 aromatic heterocycles. The molecule has 0 aliphatic carbocycles. The van der Waals surface area contributed by atoms with Gasteiger partial charge in [-0.3, -0.25) is 4.79 Å². The first kappa shape index (κ1) is 10.1. The Morgan fingerprint density at radius 3 is 2.45 bits per heavy atom. The van der Waals surface area contributed by atoms with Gasteiger partial charge in [-0.15, -0.1) is 0 Å². The maximum Gasteiger partial charge on any atom is 0.235 e. The highest BCUT2D eigenvalue weighted by Gasteiger charge is 2.14. The van der Waals surface area contributed by atoms with Gasteiger partial charge < -0.3 is 5.73 Å². The summed E-state index contributed by atoms with van der Waals surface area (Å²) in [5.41, 5.74) is 4.77. The topological polar surface area (TPSA) is 80.5 Å². The Labute approximate surface area is 65.5 Å². The maximum atomic E-state index is 10.8. The minimum absolute atomic E-state index is 0.325. The molecule has 0 radical (unpaired) electrons. The molecule has 0 saturated carbocycles. The van der Waals surface area contributed by atoms with Gasteiger partial charge in [0.1, 0.15) is 0 Å². The van der Waals surface area contributed by atoms with E-state index < -0.39 is 15.9 Å². The maximum absolute atomic E-state index is 10.8. The second kappa shape index (κ2) is 3.49. The molecule has 64 valence electrons. The SMILES string of the molecule is C=CS(=O)(=O)N(C)CC(N)=O. The van der Waals surface area contributed by atoms with Gasteiger partial charge in [0.2, 0.25) is 15.9 Å². The van der Waals surface area contributed by atoms with Gasteiger partial charge in [0.15, 0.2) is 0 Å². The quantitative estimate of drug-likeness (QED) is 0.592. The molecule has 0 heterocycles. The van der Waals surface area contributed by atoms with Crippen LogP contribution in [0.2, 0.25) is 0 Å². The molecular weight excluding hydrogens is 168 g/mol. The fourth-order valence-corrected chi connectivity index (χ4v) is 0.998. The minimum Gasteiger partial charge on any atom is -0.369 e. The zero-order valence-corrected chi connectivity index (χ0v) is 6.97. The lowest BCUT2D eigenvalue weighted by Crippen LogP contribution is -2.34. The number of sulfonamides is 1. The van der Waals surface area contributed by atoms with Crippen molar-refractivity contribution < 1.29 is 13.2 Å². The molecule has 0 unspecified atom stereocenters. The van der Waals surface area contributed by atoms with Gasteiger partial charge in [-0.05, 0) is 0 Å². The third kappa shape index (κ3) is 3.15. The van der Waals surface area contributed by atoms with Gasteiger partial charge in [0.05, 0.1) is 6.54 Å². The number of amides is 1. The zero-order chi connectivity index (χ0) is 9.07. The van der Waals surface area contributed by atoms with Crippen LogP contribution in [0.3, 0.4) is 0 Å². The van der Waals surface area contributed by atoms with Crippen LogP contribution >= 0.6 is 0 Å². The molecule has 0 saturated heterocycles. The molecule has 0 bridgehead atoms. The van der Waals surface area contributed by atoms with Crippen LogP contribution in [-0.4, -0.2) is 32.2 Å². The first-order chi connectivity index (χ1) is 4.90. The molecular formula is C5H10N2O3S. The van der Waals surface area contributed by atoms with Crippen LogP contribution in [0.4, 0.5) is 0 Å². The predicted octanol–water partition coefficient (Wildman–Crippen LogP) is -1.12. The van der Waals surface area contributed by atoms with E-state index in [9.17, 15) is 13.2 Å². The van der Waals surface area contributed by atoms with E-state index in [2.05, 4.69) is 6.58 Å². The van der Waals surface area contributed by atoms with Crippen molar-refractivity contribution in [3.63, 3.8) is 0 Å². The van der Waals surface area contributed by atoms with Crippen LogP contribution in [0, 0.1) is 0 Å². The third-order valence-electron chi connectivity index (χ3n) is 1.02. The first-order valence-electron chi connectivity index (χ1n) is 2.77. The highest BCUT2D eigenvalue weighted by molar-refractivity contribution is 7.92. The number of nitrogens with two attached hydrogens (primary N) is 1. The standard InChI is InChI=1S/C5H10N2O3S/c1-3-11(9,10)7(2)4-5(6)8/h3H,1,4H2,2H3,(H2,6,8). The van der Waals surface area contributed by atoms with Crippen molar-refractivity contribution in [2.24, 2.45) is 5.73 Å². The van der Waals surface area contributed by atoms with E-state index in [1.165, 1.54) is 7.05 Å². The highest BCUT2D eigenvalue weighted by Crippen LogP contribution is 1.96. The van der Waals surface area contributed by atoms with Gasteiger partial charge in [-0.1, -0.05) is 6.58 Å². The van der Waals surface area contributed by atoms with Crippen molar-refractivity contribution in [1.82, 2.24) is 4.31 Å². The normalized spacial score (nSPS) is 11.5. The van der Waals surface area contributed by atoms with Crippen LogP contribution in [0.1, 0.15) is 0 Å². The molecule has 2 N–H and O–H groups in total. The van der Waals surface area contributed by atoms with Crippen LogP contribution in [0.15, 0.2) is 12.0 Å². The van der Waals surface area contributed by atoms with Crippen LogP contribution in [-0.2, 0) is 14.8 Å². The summed E-state index contributed by atoms with van der Waals surface area (Å²) >= 11 is 0. The minimum atomic E-state index is -3.50. The molecule has 11 heavy (non-hydrogen) atoms. The van der Waals surface area contributed by atoms with Crippen molar-refractivity contribution in [1.29, 1.82) is 0 Å². The molecule has 0 rings (SSSR count). The summed E-state index contributed by atoms with van der Waals surface area (Å²) < 4.78 is 22.5. The first-order valence-corrected chi connectivity index (χ1v) is 4.27. The number of hydrogen-bond donors (Lipinski definition) is 1. The van der Waals surface area contributed by atoms with Crippen molar-refractivity contribution in [2.45, 2.75) is 0 Å².